The fraction of sp³-hybridized carbons (Fsp3) is 0.219. The molecule has 2 aromatic carbocycles. The van der Waals surface area contributed by atoms with Crippen LogP contribution in [-0.4, -0.2) is 28.6 Å². The van der Waals surface area contributed by atoms with Crippen molar-refractivity contribution in [3.05, 3.63) is 107 Å². The van der Waals surface area contributed by atoms with E-state index in [0.717, 1.165) is 46.4 Å². The summed E-state index contributed by atoms with van der Waals surface area (Å²) in [4.78, 5) is 26.3. The van der Waals surface area contributed by atoms with Gasteiger partial charge in [-0.15, -0.1) is 0 Å². The smallest absolute Gasteiger partial charge is 0.255 e. The van der Waals surface area contributed by atoms with Gasteiger partial charge in [-0.25, -0.2) is 14.4 Å². The highest BCUT2D eigenvalue weighted by molar-refractivity contribution is 6.04. The Labute approximate surface area is 239 Å². The van der Waals surface area contributed by atoms with Gasteiger partial charge in [-0.05, 0) is 54.3 Å². The third kappa shape index (κ3) is 7.11. The maximum Gasteiger partial charge on any atom is 0.255 e. The number of nitriles is 1. The predicted molar refractivity (Wildman–Crippen MR) is 160 cm³/mol. The lowest BCUT2D eigenvalue weighted by atomic mass is 10.0. The van der Waals surface area contributed by atoms with E-state index in [9.17, 15) is 14.4 Å². The van der Waals surface area contributed by atoms with Gasteiger partial charge in [-0.2, -0.15) is 5.26 Å². The number of rotatable bonds is 10. The molecule has 9 heteroatoms. The molecule has 0 saturated carbocycles. The van der Waals surface area contributed by atoms with Gasteiger partial charge in [0, 0.05) is 42.8 Å². The number of benzene rings is 2. The number of nitrogens with two attached hydrogens (primary N) is 1. The van der Waals surface area contributed by atoms with Crippen LogP contribution < -0.4 is 16.4 Å². The van der Waals surface area contributed by atoms with Crippen molar-refractivity contribution in [2.24, 2.45) is 4.99 Å². The maximum absolute atomic E-state index is 13.3. The Bertz CT molecular complexity index is 1590. The van der Waals surface area contributed by atoms with Crippen molar-refractivity contribution >= 4 is 23.3 Å². The third-order valence-electron chi connectivity index (χ3n) is 6.71. The Morgan fingerprint density at radius 1 is 1.05 bits per heavy atom. The van der Waals surface area contributed by atoms with E-state index in [2.05, 4.69) is 32.5 Å². The fourth-order valence-corrected chi connectivity index (χ4v) is 4.42. The highest BCUT2D eigenvalue weighted by Crippen LogP contribution is 2.25. The van der Waals surface area contributed by atoms with Crippen molar-refractivity contribution in [3.8, 4) is 17.2 Å². The number of anilines is 2. The first-order chi connectivity index (χ1) is 19.8. The lowest BCUT2D eigenvalue weighted by Crippen LogP contribution is -2.28. The first kappa shape index (κ1) is 28.9. The van der Waals surface area contributed by atoms with E-state index in [-0.39, 0.29) is 23.0 Å². The average molecular weight is 550 g/mol. The average Bonchev–Trinajstić information content (AvgIpc) is 2.99. The summed E-state index contributed by atoms with van der Waals surface area (Å²) in [7, 11) is 1.77. The van der Waals surface area contributed by atoms with Crippen LogP contribution in [0.2, 0.25) is 0 Å². The van der Waals surface area contributed by atoms with Crippen LogP contribution in [0.4, 0.5) is 16.0 Å². The van der Waals surface area contributed by atoms with Crippen LogP contribution in [-0.2, 0) is 6.54 Å². The normalized spacial score (nSPS) is 11.9. The second kappa shape index (κ2) is 13.3. The van der Waals surface area contributed by atoms with E-state index < -0.39 is 5.91 Å². The van der Waals surface area contributed by atoms with Gasteiger partial charge in [0.05, 0.1) is 17.2 Å². The Morgan fingerprint density at radius 3 is 2.44 bits per heavy atom. The Hall–Kier alpha value is -5.10. The number of hydrogen-bond donors (Lipinski definition) is 3. The molecule has 0 aliphatic carbocycles. The Morgan fingerprint density at radius 2 is 1.78 bits per heavy atom. The monoisotopic (exact) mass is 549 g/mol. The van der Waals surface area contributed by atoms with Crippen molar-refractivity contribution in [2.75, 3.05) is 18.1 Å². The number of nitrogens with zero attached hydrogens (tertiary/aromatic N) is 4. The Kier molecular flexibility index (Phi) is 9.38. The minimum absolute atomic E-state index is 0.246. The highest BCUT2D eigenvalue weighted by atomic mass is 19.1. The zero-order valence-corrected chi connectivity index (χ0v) is 23.3. The van der Waals surface area contributed by atoms with E-state index in [1.165, 1.54) is 24.4 Å². The standard InChI is InChI=1S/C32H32FN7O/c1-4-5-29(36-3)27-15-25(19-37-30(27)35)24-8-6-21(7-9-24)17-38-31-28(14-22(16-34)18-39-31)32(41)40-20(2)23-10-12-26(33)13-11-23/h6-15,18-20H,4-5,17H2,1-3H3,(H2,35,37)(H,38,39)(H,40,41)/t20-/m0/s1. The summed E-state index contributed by atoms with van der Waals surface area (Å²) in [5.74, 6) is 0.0747. The number of aliphatic imine (C=N–C) groups is 1. The molecule has 0 saturated heterocycles. The number of nitrogens with one attached hydrogen (secondary N) is 2. The summed E-state index contributed by atoms with van der Waals surface area (Å²) in [5.41, 5.74) is 12.1. The quantitative estimate of drug-likeness (QED) is 0.206. The fourth-order valence-electron chi connectivity index (χ4n) is 4.42. The van der Waals surface area contributed by atoms with Crippen LogP contribution in [0.1, 0.15) is 65.3 Å². The van der Waals surface area contributed by atoms with Crippen molar-refractivity contribution in [2.45, 2.75) is 39.3 Å². The molecule has 4 N–H and O–H groups in total. The molecule has 0 spiro atoms. The molecule has 1 atom stereocenters. The SMILES string of the molecule is CCCC(=NC)c1cc(-c2ccc(CNc3ncc(C#N)cc3C(=O)N[C@@H](C)c3ccc(F)cc3)cc2)cnc1N. The lowest BCUT2D eigenvalue weighted by Gasteiger charge is -2.17. The van der Waals surface area contributed by atoms with E-state index >= 15 is 0 Å². The molecule has 0 bridgehead atoms. The van der Waals surface area contributed by atoms with Gasteiger partial charge >= 0.3 is 0 Å². The van der Waals surface area contributed by atoms with Gasteiger partial charge in [0.1, 0.15) is 23.5 Å². The lowest BCUT2D eigenvalue weighted by molar-refractivity contribution is 0.0940. The topological polar surface area (TPSA) is 129 Å². The maximum atomic E-state index is 13.3. The minimum atomic E-state index is -0.394. The summed E-state index contributed by atoms with van der Waals surface area (Å²) < 4.78 is 13.3. The number of carbonyl (C=O) groups excluding carboxylic acids is 1. The molecule has 0 unspecified atom stereocenters. The molecule has 2 heterocycles. The van der Waals surface area contributed by atoms with Crippen molar-refractivity contribution in [3.63, 3.8) is 0 Å². The minimum Gasteiger partial charge on any atom is -0.383 e. The highest BCUT2D eigenvalue weighted by Gasteiger charge is 2.17. The van der Waals surface area contributed by atoms with Gasteiger partial charge in [0.15, 0.2) is 0 Å². The summed E-state index contributed by atoms with van der Waals surface area (Å²) in [6.45, 7) is 4.31. The molecule has 1 amide bonds. The van der Waals surface area contributed by atoms with Crippen LogP contribution in [0.15, 0.2) is 78.0 Å². The molecule has 0 fully saturated rings. The van der Waals surface area contributed by atoms with Crippen LogP contribution in [0.5, 0.6) is 0 Å². The number of carbonyl (C=O) groups is 1. The molecular weight excluding hydrogens is 517 g/mol. The van der Waals surface area contributed by atoms with Crippen LogP contribution in [0.25, 0.3) is 11.1 Å². The molecule has 208 valence electrons. The molecular formula is C32H32FN7O. The molecule has 4 rings (SSSR count). The van der Waals surface area contributed by atoms with E-state index in [1.807, 2.05) is 36.4 Å². The molecule has 0 aliphatic rings. The van der Waals surface area contributed by atoms with Gasteiger partial charge in [-0.3, -0.25) is 9.79 Å². The number of hydrogen-bond acceptors (Lipinski definition) is 7. The van der Waals surface area contributed by atoms with E-state index in [1.54, 1.807) is 32.3 Å². The third-order valence-corrected chi connectivity index (χ3v) is 6.71. The van der Waals surface area contributed by atoms with E-state index in [4.69, 9.17) is 5.73 Å². The summed E-state index contributed by atoms with van der Waals surface area (Å²) >= 11 is 0. The molecule has 0 radical (unpaired) electrons. The number of aromatic nitrogens is 2. The first-order valence-electron chi connectivity index (χ1n) is 13.3. The van der Waals surface area contributed by atoms with E-state index in [0.29, 0.717) is 18.2 Å². The summed E-state index contributed by atoms with van der Waals surface area (Å²) in [6, 6.07) is 19.1. The number of nitrogen functional groups attached to an aromatic ring is 1. The zero-order chi connectivity index (χ0) is 29.4. The van der Waals surface area contributed by atoms with Crippen molar-refractivity contribution < 1.29 is 9.18 Å². The van der Waals surface area contributed by atoms with Gasteiger partial charge in [-0.1, -0.05) is 49.7 Å². The summed E-state index contributed by atoms with van der Waals surface area (Å²) in [5, 5.41) is 15.5. The molecule has 4 aromatic rings. The second-order valence-electron chi connectivity index (χ2n) is 9.61. The molecule has 0 aliphatic heterocycles. The zero-order valence-electron chi connectivity index (χ0n) is 23.3. The molecule has 2 aromatic heterocycles. The summed E-state index contributed by atoms with van der Waals surface area (Å²) in [6.07, 6.45) is 4.96. The molecule has 41 heavy (non-hydrogen) atoms. The Balaban J connectivity index is 1.49. The predicted octanol–water partition coefficient (Wildman–Crippen LogP) is 6.06. The largest absolute Gasteiger partial charge is 0.383 e. The van der Waals surface area contributed by atoms with Gasteiger partial charge < -0.3 is 16.4 Å². The van der Waals surface area contributed by atoms with Gasteiger partial charge in [0.25, 0.3) is 5.91 Å². The van der Waals surface area contributed by atoms with Crippen molar-refractivity contribution in [1.29, 1.82) is 5.26 Å². The van der Waals surface area contributed by atoms with Gasteiger partial charge in [0.2, 0.25) is 0 Å². The second-order valence-corrected chi connectivity index (χ2v) is 9.61. The van der Waals surface area contributed by atoms with Crippen molar-refractivity contribution in [1.82, 2.24) is 15.3 Å². The number of amides is 1. The van der Waals surface area contributed by atoms with Crippen LogP contribution in [0.3, 0.4) is 0 Å². The number of halogens is 1. The van der Waals surface area contributed by atoms with Crippen LogP contribution >= 0.6 is 0 Å². The van der Waals surface area contributed by atoms with Crippen LogP contribution in [0, 0.1) is 17.1 Å². The molecule has 8 nitrogen and oxygen atoms in total. The first-order valence-corrected chi connectivity index (χ1v) is 13.3. The number of pyridine rings is 2.